The molecular weight excluding hydrogens is 248 g/mol. The Morgan fingerprint density at radius 2 is 2.21 bits per heavy atom. The summed E-state index contributed by atoms with van der Waals surface area (Å²) in [5, 5.41) is 17.3. The van der Waals surface area contributed by atoms with Gasteiger partial charge in [-0.05, 0) is 12.1 Å². The summed E-state index contributed by atoms with van der Waals surface area (Å²) in [4.78, 5) is 0. The molecule has 0 amide bonds. The zero-order valence-corrected chi connectivity index (χ0v) is 10.5. The molecular formula is C13H14N2O4. The third-order valence-electron chi connectivity index (χ3n) is 2.91. The van der Waals surface area contributed by atoms with Crippen LogP contribution in [-0.4, -0.2) is 21.9 Å². The maximum atomic E-state index is 9.61. The molecule has 2 aromatic rings. The van der Waals surface area contributed by atoms with Crippen molar-refractivity contribution in [1.82, 2.24) is 10.2 Å². The normalized spacial score (nSPS) is 17.1. The smallest absolute Gasteiger partial charge is 0.253 e. The second-order valence-electron chi connectivity index (χ2n) is 4.26. The lowest BCUT2D eigenvalue weighted by atomic mass is 10.1. The van der Waals surface area contributed by atoms with E-state index in [-0.39, 0.29) is 6.61 Å². The predicted octanol–water partition coefficient (Wildman–Crippen LogP) is 1.64. The van der Waals surface area contributed by atoms with E-state index in [1.54, 1.807) is 18.2 Å². The van der Waals surface area contributed by atoms with Crippen molar-refractivity contribution in [1.29, 1.82) is 0 Å². The quantitative estimate of drug-likeness (QED) is 0.902. The molecule has 0 bridgehead atoms. The first kappa shape index (κ1) is 12.0. The van der Waals surface area contributed by atoms with Crippen molar-refractivity contribution < 1.29 is 19.0 Å². The molecule has 6 nitrogen and oxygen atoms in total. The van der Waals surface area contributed by atoms with Gasteiger partial charge in [-0.25, -0.2) is 0 Å². The first-order valence-corrected chi connectivity index (χ1v) is 6.15. The molecule has 2 heterocycles. The summed E-state index contributed by atoms with van der Waals surface area (Å²) in [6, 6.07) is 5.34. The van der Waals surface area contributed by atoms with E-state index in [2.05, 4.69) is 10.2 Å². The molecule has 1 aliphatic heterocycles. The Kier molecular flexibility index (Phi) is 3.08. The molecule has 3 rings (SSSR count). The van der Waals surface area contributed by atoms with E-state index in [1.165, 1.54) is 0 Å². The van der Waals surface area contributed by atoms with Crippen LogP contribution in [0.1, 0.15) is 30.4 Å². The minimum absolute atomic E-state index is 0.217. The Labute approximate surface area is 110 Å². The average molecular weight is 262 g/mol. The number of benzene rings is 1. The molecule has 1 aromatic heterocycles. The van der Waals surface area contributed by atoms with E-state index in [4.69, 9.17) is 13.9 Å². The number of rotatable bonds is 4. The van der Waals surface area contributed by atoms with Crippen molar-refractivity contribution in [2.75, 3.05) is 6.61 Å². The van der Waals surface area contributed by atoms with E-state index < -0.39 is 6.10 Å². The molecule has 1 atom stereocenters. The SMILES string of the molecule is CCc1nnc(COc2ccc3c(c2)OCC3O)o1. The summed E-state index contributed by atoms with van der Waals surface area (Å²) in [6.45, 7) is 2.46. The second kappa shape index (κ2) is 4.89. The van der Waals surface area contributed by atoms with Crippen LogP contribution in [0.15, 0.2) is 22.6 Å². The summed E-state index contributed by atoms with van der Waals surface area (Å²) in [6.07, 6.45) is 0.157. The Balaban J connectivity index is 1.67. The second-order valence-corrected chi connectivity index (χ2v) is 4.26. The van der Waals surface area contributed by atoms with Crippen LogP contribution in [0.5, 0.6) is 11.5 Å². The summed E-state index contributed by atoms with van der Waals surface area (Å²) in [5.74, 6) is 2.34. The van der Waals surface area contributed by atoms with Crippen LogP contribution in [0.4, 0.5) is 0 Å². The number of ether oxygens (including phenoxy) is 2. The van der Waals surface area contributed by atoms with Crippen LogP contribution in [0.25, 0.3) is 0 Å². The highest BCUT2D eigenvalue weighted by molar-refractivity contribution is 5.44. The first-order valence-electron chi connectivity index (χ1n) is 6.15. The Hall–Kier alpha value is -2.08. The number of aromatic nitrogens is 2. The average Bonchev–Trinajstić information content (AvgIpc) is 3.03. The molecule has 0 spiro atoms. The molecule has 0 saturated heterocycles. The monoisotopic (exact) mass is 262 g/mol. The molecule has 0 fully saturated rings. The zero-order valence-electron chi connectivity index (χ0n) is 10.5. The Morgan fingerprint density at radius 3 is 3.00 bits per heavy atom. The third kappa shape index (κ3) is 2.39. The minimum Gasteiger partial charge on any atom is -0.490 e. The molecule has 19 heavy (non-hydrogen) atoms. The minimum atomic E-state index is -0.549. The van der Waals surface area contributed by atoms with Crippen LogP contribution in [0.2, 0.25) is 0 Å². The molecule has 0 saturated carbocycles. The molecule has 1 aliphatic rings. The van der Waals surface area contributed by atoms with Crippen molar-refractivity contribution in [3.05, 3.63) is 35.5 Å². The van der Waals surface area contributed by atoms with Crippen LogP contribution < -0.4 is 9.47 Å². The molecule has 6 heteroatoms. The highest BCUT2D eigenvalue weighted by Gasteiger charge is 2.22. The number of aliphatic hydroxyl groups is 1. The van der Waals surface area contributed by atoms with Gasteiger partial charge in [-0.3, -0.25) is 0 Å². The van der Waals surface area contributed by atoms with E-state index in [1.807, 2.05) is 6.92 Å². The van der Waals surface area contributed by atoms with Crippen LogP contribution in [0.3, 0.4) is 0 Å². The van der Waals surface area contributed by atoms with E-state index in [0.29, 0.717) is 36.3 Å². The number of fused-ring (bicyclic) bond motifs is 1. The Bertz CT molecular complexity index is 582. The van der Waals surface area contributed by atoms with Gasteiger partial charge < -0.3 is 19.0 Å². The van der Waals surface area contributed by atoms with Gasteiger partial charge in [-0.2, -0.15) is 0 Å². The maximum Gasteiger partial charge on any atom is 0.253 e. The van der Waals surface area contributed by atoms with Gasteiger partial charge in [-0.15, -0.1) is 10.2 Å². The fraction of sp³-hybridized carbons (Fsp3) is 0.385. The molecule has 0 radical (unpaired) electrons. The van der Waals surface area contributed by atoms with Gasteiger partial charge >= 0.3 is 0 Å². The summed E-state index contributed by atoms with van der Waals surface area (Å²) >= 11 is 0. The Morgan fingerprint density at radius 1 is 1.37 bits per heavy atom. The first-order chi connectivity index (χ1) is 9.26. The fourth-order valence-electron chi connectivity index (χ4n) is 1.90. The fourth-order valence-corrected chi connectivity index (χ4v) is 1.90. The molecule has 100 valence electrons. The van der Waals surface area contributed by atoms with Gasteiger partial charge in [0.25, 0.3) is 5.89 Å². The molecule has 1 aromatic carbocycles. The standard InChI is InChI=1S/C13H14N2O4/c1-2-12-14-15-13(19-12)7-17-8-3-4-9-10(16)6-18-11(9)5-8/h3-5,10,16H,2,6-7H2,1H3. The number of aliphatic hydroxyl groups excluding tert-OH is 1. The van der Waals surface area contributed by atoms with Crippen LogP contribution in [-0.2, 0) is 13.0 Å². The lowest BCUT2D eigenvalue weighted by Crippen LogP contribution is -1.97. The molecule has 1 unspecified atom stereocenters. The number of nitrogens with zero attached hydrogens (tertiary/aromatic N) is 2. The highest BCUT2D eigenvalue weighted by Crippen LogP contribution is 2.35. The third-order valence-corrected chi connectivity index (χ3v) is 2.91. The van der Waals surface area contributed by atoms with Crippen molar-refractivity contribution in [3.63, 3.8) is 0 Å². The van der Waals surface area contributed by atoms with Gasteiger partial charge in [0.15, 0.2) is 6.61 Å². The van der Waals surface area contributed by atoms with Crippen molar-refractivity contribution in [2.24, 2.45) is 0 Å². The predicted molar refractivity (Wildman–Crippen MR) is 64.9 cm³/mol. The van der Waals surface area contributed by atoms with Gasteiger partial charge in [0.1, 0.15) is 24.2 Å². The molecule has 1 N–H and O–H groups in total. The maximum absolute atomic E-state index is 9.61. The number of hydrogen-bond acceptors (Lipinski definition) is 6. The topological polar surface area (TPSA) is 77.6 Å². The number of hydrogen-bond donors (Lipinski definition) is 1. The van der Waals surface area contributed by atoms with E-state index >= 15 is 0 Å². The van der Waals surface area contributed by atoms with Gasteiger partial charge in [0, 0.05) is 18.1 Å². The van der Waals surface area contributed by atoms with Crippen molar-refractivity contribution in [3.8, 4) is 11.5 Å². The van der Waals surface area contributed by atoms with Crippen molar-refractivity contribution in [2.45, 2.75) is 26.1 Å². The lowest BCUT2D eigenvalue weighted by molar-refractivity contribution is 0.140. The van der Waals surface area contributed by atoms with Gasteiger partial charge in [-0.1, -0.05) is 6.92 Å². The van der Waals surface area contributed by atoms with Crippen LogP contribution in [0, 0.1) is 0 Å². The number of aryl methyl sites for hydroxylation is 1. The van der Waals surface area contributed by atoms with Gasteiger partial charge in [0.05, 0.1) is 0 Å². The largest absolute Gasteiger partial charge is 0.490 e. The summed E-state index contributed by atoms with van der Waals surface area (Å²) in [7, 11) is 0. The summed E-state index contributed by atoms with van der Waals surface area (Å²) < 4.78 is 16.2. The van der Waals surface area contributed by atoms with E-state index in [0.717, 1.165) is 5.56 Å². The van der Waals surface area contributed by atoms with Crippen molar-refractivity contribution >= 4 is 0 Å². The molecule has 0 aliphatic carbocycles. The highest BCUT2D eigenvalue weighted by atomic mass is 16.5. The van der Waals surface area contributed by atoms with E-state index in [9.17, 15) is 5.11 Å². The van der Waals surface area contributed by atoms with Crippen LogP contribution >= 0.6 is 0 Å². The zero-order chi connectivity index (χ0) is 13.2. The van der Waals surface area contributed by atoms with Gasteiger partial charge in [0.2, 0.25) is 5.89 Å². The lowest BCUT2D eigenvalue weighted by Gasteiger charge is -2.05. The summed E-state index contributed by atoms with van der Waals surface area (Å²) in [5.41, 5.74) is 0.790.